The Kier molecular flexibility index (Phi) is 2.25. The summed E-state index contributed by atoms with van der Waals surface area (Å²) >= 11 is 0. The maximum atomic E-state index is 11.6. The van der Waals surface area contributed by atoms with Crippen LogP contribution in [0.3, 0.4) is 0 Å². The SMILES string of the molecule is CC(C)NN1C(=O)Cc2ccccc21. The molecule has 0 saturated heterocycles. The van der Waals surface area contributed by atoms with Gasteiger partial charge in [0.15, 0.2) is 0 Å². The van der Waals surface area contributed by atoms with E-state index in [0.29, 0.717) is 6.42 Å². The summed E-state index contributed by atoms with van der Waals surface area (Å²) in [4.78, 5) is 11.6. The van der Waals surface area contributed by atoms with Crippen molar-refractivity contribution in [1.82, 2.24) is 5.43 Å². The molecular formula is C11H14N2O. The summed E-state index contributed by atoms with van der Waals surface area (Å²) in [6.07, 6.45) is 0.510. The van der Waals surface area contributed by atoms with Crippen LogP contribution in [0.5, 0.6) is 0 Å². The van der Waals surface area contributed by atoms with E-state index in [0.717, 1.165) is 11.3 Å². The first-order valence-corrected chi connectivity index (χ1v) is 4.85. The lowest BCUT2D eigenvalue weighted by Gasteiger charge is -2.21. The van der Waals surface area contributed by atoms with Crippen molar-refractivity contribution >= 4 is 11.6 Å². The van der Waals surface area contributed by atoms with E-state index >= 15 is 0 Å². The van der Waals surface area contributed by atoms with Crippen molar-refractivity contribution in [3.05, 3.63) is 29.8 Å². The number of nitrogens with zero attached hydrogens (tertiary/aromatic N) is 1. The number of benzene rings is 1. The lowest BCUT2D eigenvalue weighted by molar-refractivity contribution is -0.118. The fourth-order valence-electron chi connectivity index (χ4n) is 1.65. The number of hydrogen-bond acceptors (Lipinski definition) is 2. The monoisotopic (exact) mass is 190 g/mol. The van der Waals surface area contributed by atoms with Crippen LogP contribution in [0.1, 0.15) is 19.4 Å². The lowest BCUT2D eigenvalue weighted by Crippen LogP contribution is -2.44. The molecule has 0 radical (unpaired) electrons. The minimum absolute atomic E-state index is 0.125. The molecule has 3 heteroatoms. The van der Waals surface area contributed by atoms with Crippen LogP contribution in [-0.4, -0.2) is 11.9 Å². The summed E-state index contributed by atoms with van der Waals surface area (Å²) in [6.45, 7) is 4.04. The molecule has 2 rings (SSSR count). The van der Waals surface area contributed by atoms with Gasteiger partial charge in [-0.3, -0.25) is 4.79 Å². The molecule has 0 aromatic heterocycles. The van der Waals surface area contributed by atoms with Crippen LogP contribution in [0.25, 0.3) is 0 Å². The smallest absolute Gasteiger partial charge is 0.245 e. The van der Waals surface area contributed by atoms with Crippen LogP contribution in [0.2, 0.25) is 0 Å². The second-order valence-corrected chi connectivity index (χ2v) is 3.82. The quantitative estimate of drug-likeness (QED) is 0.766. The summed E-state index contributed by atoms with van der Waals surface area (Å²) in [7, 11) is 0. The highest BCUT2D eigenvalue weighted by atomic mass is 16.2. The van der Waals surface area contributed by atoms with Crippen molar-refractivity contribution in [3.63, 3.8) is 0 Å². The highest BCUT2D eigenvalue weighted by Crippen LogP contribution is 2.26. The Hall–Kier alpha value is -1.35. The first kappa shape index (κ1) is 9.21. The van der Waals surface area contributed by atoms with E-state index < -0.39 is 0 Å². The Morgan fingerprint density at radius 2 is 2.07 bits per heavy atom. The standard InChI is InChI=1S/C11H14N2O/c1-8(2)12-13-10-6-4-3-5-9(10)7-11(13)14/h3-6,8,12H,7H2,1-2H3. The zero-order chi connectivity index (χ0) is 10.1. The molecule has 0 spiro atoms. The molecule has 1 aromatic rings. The Morgan fingerprint density at radius 1 is 1.36 bits per heavy atom. The molecule has 1 amide bonds. The van der Waals surface area contributed by atoms with E-state index in [9.17, 15) is 4.79 Å². The van der Waals surface area contributed by atoms with Gasteiger partial charge in [0.2, 0.25) is 5.91 Å². The molecular weight excluding hydrogens is 176 g/mol. The number of fused-ring (bicyclic) bond motifs is 1. The summed E-state index contributed by atoms with van der Waals surface area (Å²) in [5.41, 5.74) is 5.23. The van der Waals surface area contributed by atoms with Gasteiger partial charge in [0.1, 0.15) is 0 Å². The Balaban J connectivity index is 2.30. The normalized spacial score (nSPS) is 15.1. The van der Waals surface area contributed by atoms with E-state index in [1.165, 1.54) is 0 Å². The Labute approximate surface area is 83.7 Å². The lowest BCUT2D eigenvalue weighted by atomic mass is 10.2. The molecule has 0 saturated carbocycles. The highest BCUT2D eigenvalue weighted by molar-refractivity contribution is 6.00. The van der Waals surface area contributed by atoms with Crippen molar-refractivity contribution in [1.29, 1.82) is 0 Å². The van der Waals surface area contributed by atoms with Crippen LogP contribution in [0.15, 0.2) is 24.3 Å². The summed E-state index contributed by atoms with van der Waals surface area (Å²) in [5, 5.41) is 1.65. The average Bonchev–Trinajstić information content (AvgIpc) is 2.43. The van der Waals surface area contributed by atoms with Crippen molar-refractivity contribution in [2.75, 3.05) is 5.01 Å². The minimum atomic E-state index is 0.125. The molecule has 1 heterocycles. The van der Waals surface area contributed by atoms with Gasteiger partial charge in [0, 0.05) is 6.04 Å². The fraction of sp³-hybridized carbons (Fsp3) is 0.364. The van der Waals surface area contributed by atoms with Gasteiger partial charge < -0.3 is 0 Å². The molecule has 0 aliphatic carbocycles. The largest absolute Gasteiger partial charge is 0.273 e. The fourth-order valence-corrected chi connectivity index (χ4v) is 1.65. The molecule has 0 fully saturated rings. The molecule has 0 bridgehead atoms. The van der Waals surface area contributed by atoms with E-state index in [4.69, 9.17) is 0 Å². The number of carbonyl (C=O) groups is 1. The predicted molar refractivity (Wildman–Crippen MR) is 55.9 cm³/mol. The van der Waals surface area contributed by atoms with Gasteiger partial charge in [0.05, 0.1) is 12.1 Å². The Bertz CT molecular complexity index is 360. The van der Waals surface area contributed by atoms with Gasteiger partial charge in [-0.05, 0) is 25.5 Å². The Morgan fingerprint density at radius 3 is 2.79 bits per heavy atom. The maximum Gasteiger partial charge on any atom is 0.245 e. The summed E-state index contributed by atoms with van der Waals surface area (Å²) < 4.78 is 0. The predicted octanol–water partition coefficient (Wildman–Crippen LogP) is 1.49. The maximum absolute atomic E-state index is 11.6. The highest BCUT2D eigenvalue weighted by Gasteiger charge is 2.26. The third-order valence-corrected chi connectivity index (χ3v) is 2.21. The van der Waals surface area contributed by atoms with Crippen molar-refractivity contribution in [3.8, 4) is 0 Å². The van der Waals surface area contributed by atoms with Crippen LogP contribution >= 0.6 is 0 Å². The van der Waals surface area contributed by atoms with E-state index in [-0.39, 0.29) is 11.9 Å². The van der Waals surface area contributed by atoms with Gasteiger partial charge in [-0.25, -0.2) is 10.4 Å². The average molecular weight is 190 g/mol. The van der Waals surface area contributed by atoms with Crippen LogP contribution in [-0.2, 0) is 11.2 Å². The third kappa shape index (κ3) is 1.51. The number of rotatable bonds is 2. The number of amides is 1. The number of nitrogens with one attached hydrogen (secondary N) is 1. The van der Waals surface area contributed by atoms with Crippen LogP contribution in [0, 0.1) is 0 Å². The number of hydrazine groups is 1. The van der Waals surface area contributed by atoms with Gasteiger partial charge in [-0.2, -0.15) is 0 Å². The number of para-hydroxylation sites is 1. The van der Waals surface area contributed by atoms with Crippen LogP contribution < -0.4 is 10.4 Å². The topological polar surface area (TPSA) is 32.3 Å². The van der Waals surface area contributed by atoms with Crippen molar-refractivity contribution in [2.24, 2.45) is 0 Å². The molecule has 74 valence electrons. The van der Waals surface area contributed by atoms with E-state index in [1.807, 2.05) is 38.1 Å². The first-order chi connectivity index (χ1) is 6.68. The van der Waals surface area contributed by atoms with E-state index in [1.54, 1.807) is 5.01 Å². The van der Waals surface area contributed by atoms with Gasteiger partial charge in [-0.1, -0.05) is 18.2 Å². The number of carbonyl (C=O) groups excluding carboxylic acids is 1. The molecule has 1 aliphatic rings. The zero-order valence-electron chi connectivity index (χ0n) is 8.45. The van der Waals surface area contributed by atoms with Crippen LogP contribution in [0.4, 0.5) is 5.69 Å². The first-order valence-electron chi connectivity index (χ1n) is 4.85. The summed E-state index contributed by atoms with van der Waals surface area (Å²) in [6, 6.07) is 8.15. The zero-order valence-corrected chi connectivity index (χ0v) is 8.45. The minimum Gasteiger partial charge on any atom is -0.273 e. The van der Waals surface area contributed by atoms with E-state index in [2.05, 4.69) is 5.43 Å². The van der Waals surface area contributed by atoms with Crippen molar-refractivity contribution in [2.45, 2.75) is 26.3 Å². The molecule has 1 N–H and O–H groups in total. The molecule has 0 unspecified atom stereocenters. The third-order valence-electron chi connectivity index (χ3n) is 2.21. The second kappa shape index (κ2) is 3.42. The summed E-state index contributed by atoms with van der Waals surface area (Å²) in [5.74, 6) is 0.125. The molecule has 1 aliphatic heterocycles. The van der Waals surface area contributed by atoms with Crippen molar-refractivity contribution < 1.29 is 4.79 Å². The van der Waals surface area contributed by atoms with Gasteiger partial charge in [-0.15, -0.1) is 0 Å². The molecule has 1 aromatic carbocycles. The number of hydrogen-bond donors (Lipinski definition) is 1. The molecule has 3 nitrogen and oxygen atoms in total. The van der Waals surface area contributed by atoms with Gasteiger partial charge >= 0.3 is 0 Å². The number of anilines is 1. The van der Waals surface area contributed by atoms with Gasteiger partial charge in [0.25, 0.3) is 0 Å². The second-order valence-electron chi connectivity index (χ2n) is 3.82. The molecule has 14 heavy (non-hydrogen) atoms. The molecule has 0 atom stereocenters.